The molecule has 2 N–H and O–H groups in total. The molecule has 0 spiro atoms. The maximum atomic E-state index is 12.8. The smallest absolute Gasteiger partial charge is 0.398 e. The summed E-state index contributed by atoms with van der Waals surface area (Å²) in [6, 6.07) is 4.76. The zero-order valence-corrected chi connectivity index (χ0v) is 11.7. The Labute approximate surface area is 121 Å². The predicted octanol–water partition coefficient (Wildman–Crippen LogP) is 3.05. The van der Waals surface area contributed by atoms with Crippen LogP contribution in [-0.4, -0.2) is 23.4 Å². The fourth-order valence-corrected chi connectivity index (χ4v) is 1.87. The molecule has 0 saturated carbocycles. The van der Waals surface area contributed by atoms with Gasteiger partial charge >= 0.3 is 6.18 Å². The highest BCUT2D eigenvalue weighted by Crippen LogP contribution is 2.34. The summed E-state index contributed by atoms with van der Waals surface area (Å²) in [6.45, 7) is 3.63. The number of rotatable bonds is 4. The van der Waals surface area contributed by atoms with Crippen molar-refractivity contribution in [2.75, 3.05) is 12.3 Å². The first-order chi connectivity index (χ1) is 9.68. The van der Waals surface area contributed by atoms with Crippen molar-refractivity contribution in [2.45, 2.75) is 32.5 Å². The highest BCUT2D eigenvalue weighted by Gasteiger charge is 2.34. The second-order valence-electron chi connectivity index (χ2n) is 4.80. The topological polar surface area (TPSA) is 70.1 Å². The number of alkyl halides is 3. The standard InChI is InChI=1S/C14H16F3N3O/c1-9(2)20(7-3-6-18)13(21)10-4-5-12(19)11(8-10)14(15,16)17/h4-5,8-9H,3,7,19H2,1-2H3. The van der Waals surface area contributed by atoms with Crippen LogP contribution in [0.5, 0.6) is 0 Å². The molecule has 0 atom stereocenters. The average molecular weight is 299 g/mol. The van der Waals surface area contributed by atoms with Gasteiger partial charge in [-0.05, 0) is 32.0 Å². The number of hydrogen-bond donors (Lipinski definition) is 1. The van der Waals surface area contributed by atoms with Gasteiger partial charge in [0.15, 0.2) is 0 Å². The van der Waals surface area contributed by atoms with E-state index in [2.05, 4.69) is 0 Å². The van der Waals surface area contributed by atoms with Crippen LogP contribution in [0, 0.1) is 11.3 Å². The molecule has 114 valence electrons. The zero-order valence-electron chi connectivity index (χ0n) is 11.7. The third-order valence-electron chi connectivity index (χ3n) is 2.95. The monoisotopic (exact) mass is 299 g/mol. The summed E-state index contributed by atoms with van der Waals surface area (Å²) in [5, 5.41) is 8.58. The Morgan fingerprint density at radius 2 is 2.05 bits per heavy atom. The van der Waals surface area contributed by atoms with E-state index >= 15 is 0 Å². The van der Waals surface area contributed by atoms with E-state index < -0.39 is 23.3 Å². The number of amides is 1. The summed E-state index contributed by atoms with van der Waals surface area (Å²) in [5.41, 5.74) is 3.76. The molecule has 0 radical (unpaired) electrons. The zero-order chi connectivity index (χ0) is 16.2. The molecule has 1 aromatic rings. The third kappa shape index (κ3) is 4.12. The molecule has 0 aliphatic carbocycles. The van der Waals surface area contributed by atoms with Gasteiger partial charge in [0.05, 0.1) is 18.1 Å². The first-order valence-corrected chi connectivity index (χ1v) is 6.33. The lowest BCUT2D eigenvalue weighted by Crippen LogP contribution is -2.37. The van der Waals surface area contributed by atoms with E-state index in [4.69, 9.17) is 11.0 Å². The molecule has 7 heteroatoms. The summed E-state index contributed by atoms with van der Waals surface area (Å²) < 4.78 is 38.4. The Kier molecular flexibility index (Phi) is 5.19. The Hall–Kier alpha value is -2.23. The molecular formula is C14H16F3N3O. The summed E-state index contributed by atoms with van der Waals surface area (Å²) >= 11 is 0. The SMILES string of the molecule is CC(C)N(CCC#N)C(=O)c1ccc(N)c(C(F)(F)F)c1. The Bertz CT molecular complexity index is 562. The molecule has 0 aromatic heterocycles. The maximum absolute atomic E-state index is 12.8. The van der Waals surface area contributed by atoms with E-state index in [9.17, 15) is 18.0 Å². The van der Waals surface area contributed by atoms with Gasteiger partial charge in [0.2, 0.25) is 0 Å². The Morgan fingerprint density at radius 3 is 2.52 bits per heavy atom. The predicted molar refractivity (Wildman–Crippen MR) is 72.3 cm³/mol. The van der Waals surface area contributed by atoms with Crippen LogP contribution >= 0.6 is 0 Å². The Balaban J connectivity index is 3.15. The molecule has 4 nitrogen and oxygen atoms in total. The molecule has 0 heterocycles. The summed E-state index contributed by atoms with van der Waals surface area (Å²) in [5.74, 6) is -0.550. The summed E-state index contributed by atoms with van der Waals surface area (Å²) in [7, 11) is 0. The van der Waals surface area contributed by atoms with Gasteiger partial charge in [0.1, 0.15) is 0 Å². The molecule has 0 saturated heterocycles. The van der Waals surface area contributed by atoms with E-state index in [-0.39, 0.29) is 24.6 Å². The summed E-state index contributed by atoms with van der Waals surface area (Å²) in [6.07, 6.45) is -4.50. The van der Waals surface area contributed by atoms with Gasteiger partial charge in [-0.15, -0.1) is 0 Å². The van der Waals surface area contributed by atoms with Crippen LogP contribution < -0.4 is 5.73 Å². The van der Waals surface area contributed by atoms with Crippen LogP contribution in [0.15, 0.2) is 18.2 Å². The van der Waals surface area contributed by atoms with E-state index in [0.29, 0.717) is 0 Å². The largest absolute Gasteiger partial charge is 0.418 e. The van der Waals surface area contributed by atoms with Gasteiger partial charge in [-0.1, -0.05) is 0 Å². The minimum Gasteiger partial charge on any atom is -0.398 e. The molecule has 1 aromatic carbocycles. The minimum absolute atomic E-state index is 0.0943. The third-order valence-corrected chi connectivity index (χ3v) is 2.95. The van der Waals surface area contributed by atoms with Crippen molar-refractivity contribution in [3.63, 3.8) is 0 Å². The van der Waals surface area contributed by atoms with E-state index in [1.54, 1.807) is 13.8 Å². The van der Waals surface area contributed by atoms with Crippen LogP contribution in [0.1, 0.15) is 36.2 Å². The lowest BCUT2D eigenvalue weighted by Gasteiger charge is -2.26. The van der Waals surface area contributed by atoms with Gasteiger partial charge < -0.3 is 10.6 Å². The van der Waals surface area contributed by atoms with Crippen LogP contribution in [0.3, 0.4) is 0 Å². The van der Waals surface area contributed by atoms with Crippen molar-refractivity contribution in [1.29, 1.82) is 5.26 Å². The van der Waals surface area contributed by atoms with Crippen molar-refractivity contribution >= 4 is 11.6 Å². The van der Waals surface area contributed by atoms with Crippen molar-refractivity contribution in [3.05, 3.63) is 29.3 Å². The van der Waals surface area contributed by atoms with Crippen LogP contribution in [-0.2, 0) is 6.18 Å². The van der Waals surface area contributed by atoms with Crippen molar-refractivity contribution in [2.24, 2.45) is 0 Å². The number of nitriles is 1. The molecule has 21 heavy (non-hydrogen) atoms. The molecule has 0 unspecified atom stereocenters. The van der Waals surface area contributed by atoms with Gasteiger partial charge in [-0.3, -0.25) is 4.79 Å². The first-order valence-electron chi connectivity index (χ1n) is 6.33. The highest BCUT2D eigenvalue weighted by molar-refractivity contribution is 5.95. The number of nitrogens with zero attached hydrogens (tertiary/aromatic N) is 2. The van der Waals surface area contributed by atoms with Crippen LogP contribution in [0.4, 0.5) is 18.9 Å². The lowest BCUT2D eigenvalue weighted by atomic mass is 10.1. The molecule has 0 aliphatic rings. The van der Waals surface area contributed by atoms with E-state index in [0.717, 1.165) is 12.1 Å². The van der Waals surface area contributed by atoms with Crippen molar-refractivity contribution in [3.8, 4) is 6.07 Å². The molecule has 1 rings (SSSR count). The number of halogens is 3. The second kappa shape index (κ2) is 6.48. The maximum Gasteiger partial charge on any atom is 0.418 e. The molecular weight excluding hydrogens is 283 g/mol. The van der Waals surface area contributed by atoms with Crippen molar-refractivity contribution < 1.29 is 18.0 Å². The fraction of sp³-hybridized carbons (Fsp3) is 0.429. The second-order valence-corrected chi connectivity index (χ2v) is 4.80. The van der Waals surface area contributed by atoms with Gasteiger partial charge in [0, 0.05) is 23.8 Å². The number of carbonyl (C=O) groups excluding carboxylic acids is 1. The van der Waals surface area contributed by atoms with Gasteiger partial charge in [-0.25, -0.2) is 0 Å². The van der Waals surface area contributed by atoms with E-state index in [1.807, 2.05) is 6.07 Å². The molecule has 1 amide bonds. The fourth-order valence-electron chi connectivity index (χ4n) is 1.87. The summed E-state index contributed by atoms with van der Waals surface area (Å²) in [4.78, 5) is 13.6. The number of nitrogen functional groups attached to an aromatic ring is 1. The number of carbonyl (C=O) groups is 1. The quantitative estimate of drug-likeness (QED) is 0.869. The Morgan fingerprint density at radius 1 is 1.43 bits per heavy atom. The molecule has 0 bridgehead atoms. The number of hydrogen-bond acceptors (Lipinski definition) is 3. The number of nitrogens with two attached hydrogens (primary N) is 1. The average Bonchev–Trinajstić information content (AvgIpc) is 2.37. The first kappa shape index (κ1) is 16.8. The highest BCUT2D eigenvalue weighted by atomic mass is 19.4. The number of benzene rings is 1. The number of anilines is 1. The minimum atomic E-state index is -4.62. The van der Waals surface area contributed by atoms with Gasteiger partial charge in [-0.2, -0.15) is 18.4 Å². The lowest BCUT2D eigenvalue weighted by molar-refractivity contribution is -0.136. The normalized spacial score (nSPS) is 11.3. The molecule has 0 aliphatic heterocycles. The van der Waals surface area contributed by atoms with Crippen LogP contribution in [0.2, 0.25) is 0 Å². The molecule has 0 fully saturated rings. The van der Waals surface area contributed by atoms with Crippen molar-refractivity contribution in [1.82, 2.24) is 4.90 Å². The van der Waals surface area contributed by atoms with Crippen LogP contribution in [0.25, 0.3) is 0 Å². The van der Waals surface area contributed by atoms with E-state index in [1.165, 1.54) is 11.0 Å². The van der Waals surface area contributed by atoms with Gasteiger partial charge in [0.25, 0.3) is 5.91 Å².